The van der Waals surface area contributed by atoms with Crippen LogP contribution in [0.1, 0.15) is 44.1 Å². The highest BCUT2D eigenvalue weighted by atomic mass is 19.1. The Balaban J connectivity index is 1.89. The maximum absolute atomic E-state index is 13.2. The van der Waals surface area contributed by atoms with Gasteiger partial charge >= 0.3 is 0 Å². The van der Waals surface area contributed by atoms with Gasteiger partial charge in [-0.1, -0.05) is 31.7 Å². The molecule has 0 saturated heterocycles. The van der Waals surface area contributed by atoms with Crippen LogP contribution in [0.2, 0.25) is 0 Å². The number of halogens is 1. The molecule has 3 nitrogen and oxygen atoms in total. The first-order chi connectivity index (χ1) is 10.1. The Morgan fingerprint density at radius 2 is 1.95 bits per heavy atom. The van der Waals surface area contributed by atoms with Gasteiger partial charge in [-0.25, -0.2) is 4.39 Å². The van der Waals surface area contributed by atoms with Crippen molar-refractivity contribution in [3.63, 3.8) is 0 Å². The highest BCUT2D eigenvalue weighted by Crippen LogP contribution is 2.21. The molecule has 0 bridgehead atoms. The molecular formula is C17H25FN2O. The van der Waals surface area contributed by atoms with Gasteiger partial charge in [0.2, 0.25) is 5.91 Å². The minimum Gasteiger partial charge on any atom is -0.325 e. The Kier molecular flexibility index (Phi) is 5.74. The summed E-state index contributed by atoms with van der Waals surface area (Å²) < 4.78 is 13.2. The van der Waals surface area contributed by atoms with Crippen molar-refractivity contribution < 1.29 is 9.18 Å². The first-order valence-corrected chi connectivity index (χ1v) is 7.82. The van der Waals surface area contributed by atoms with Crippen molar-refractivity contribution in [3.05, 3.63) is 29.6 Å². The minimum absolute atomic E-state index is 0.0737. The largest absolute Gasteiger partial charge is 0.325 e. The standard InChI is InChI=1S/C17H25FN2O/c1-13-9-10-14(18)11-16(13)19-17(21)12-20(2)15-7-5-3-4-6-8-15/h9-11,15H,3-8,12H2,1-2H3,(H,19,21). The molecule has 0 heterocycles. The zero-order valence-electron chi connectivity index (χ0n) is 13.0. The summed E-state index contributed by atoms with van der Waals surface area (Å²) in [5.74, 6) is -0.400. The molecule has 0 aromatic heterocycles. The summed E-state index contributed by atoms with van der Waals surface area (Å²) in [5, 5.41) is 2.82. The number of hydrogen-bond donors (Lipinski definition) is 1. The van der Waals surface area contributed by atoms with Gasteiger partial charge in [-0.3, -0.25) is 9.69 Å². The average Bonchev–Trinajstić information content (AvgIpc) is 2.72. The van der Waals surface area contributed by atoms with Crippen LogP contribution >= 0.6 is 0 Å². The molecule has 21 heavy (non-hydrogen) atoms. The van der Waals surface area contributed by atoms with Crippen molar-refractivity contribution in [3.8, 4) is 0 Å². The minimum atomic E-state index is -0.326. The van der Waals surface area contributed by atoms with E-state index in [1.807, 2.05) is 14.0 Å². The topological polar surface area (TPSA) is 32.3 Å². The Morgan fingerprint density at radius 1 is 1.29 bits per heavy atom. The Hall–Kier alpha value is -1.42. The molecule has 1 N–H and O–H groups in total. The Morgan fingerprint density at radius 3 is 2.62 bits per heavy atom. The number of nitrogens with one attached hydrogen (secondary N) is 1. The highest BCUT2D eigenvalue weighted by molar-refractivity contribution is 5.92. The zero-order valence-corrected chi connectivity index (χ0v) is 13.0. The lowest BCUT2D eigenvalue weighted by Gasteiger charge is -2.26. The second kappa shape index (κ2) is 7.55. The Labute approximate surface area is 126 Å². The molecule has 0 aliphatic heterocycles. The molecule has 1 aliphatic carbocycles. The summed E-state index contributed by atoms with van der Waals surface area (Å²) in [6.07, 6.45) is 7.45. The maximum Gasteiger partial charge on any atom is 0.238 e. The number of benzene rings is 1. The van der Waals surface area contributed by atoms with Gasteiger partial charge in [0.05, 0.1) is 6.54 Å². The van der Waals surface area contributed by atoms with Gasteiger partial charge in [-0.05, 0) is 44.5 Å². The Bertz CT molecular complexity index is 482. The summed E-state index contributed by atoms with van der Waals surface area (Å²) >= 11 is 0. The number of carbonyl (C=O) groups excluding carboxylic acids is 1. The van der Waals surface area contributed by atoms with Crippen LogP contribution in [0.4, 0.5) is 10.1 Å². The predicted molar refractivity (Wildman–Crippen MR) is 83.9 cm³/mol. The SMILES string of the molecule is Cc1ccc(F)cc1NC(=O)CN(C)C1CCCCCC1. The molecule has 1 aromatic rings. The first kappa shape index (κ1) is 16.0. The molecule has 0 unspecified atom stereocenters. The number of carbonyl (C=O) groups is 1. The summed E-state index contributed by atoms with van der Waals surface area (Å²) in [6, 6.07) is 4.95. The average molecular weight is 292 g/mol. The van der Waals surface area contributed by atoms with Gasteiger partial charge in [0.25, 0.3) is 0 Å². The quantitative estimate of drug-likeness (QED) is 0.858. The molecule has 0 spiro atoms. The number of rotatable bonds is 4. The van der Waals surface area contributed by atoms with E-state index >= 15 is 0 Å². The van der Waals surface area contributed by atoms with Crippen LogP contribution in [0.15, 0.2) is 18.2 Å². The predicted octanol–water partition coefficient (Wildman–Crippen LogP) is 3.73. The van der Waals surface area contributed by atoms with E-state index < -0.39 is 0 Å². The molecule has 1 aliphatic rings. The van der Waals surface area contributed by atoms with Crippen LogP contribution in [-0.2, 0) is 4.79 Å². The second-order valence-electron chi connectivity index (χ2n) is 6.07. The number of hydrogen-bond acceptors (Lipinski definition) is 2. The van der Waals surface area contributed by atoms with E-state index in [2.05, 4.69) is 10.2 Å². The lowest BCUT2D eigenvalue weighted by atomic mass is 10.1. The number of aryl methyl sites for hydroxylation is 1. The van der Waals surface area contributed by atoms with Crippen molar-refractivity contribution in [1.29, 1.82) is 0 Å². The maximum atomic E-state index is 13.2. The fraction of sp³-hybridized carbons (Fsp3) is 0.588. The van der Waals surface area contributed by atoms with Gasteiger partial charge < -0.3 is 5.32 Å². The van der Waals surface area contributed by atoms with Crippen molar-refractivity contribution in [2.75, 3.05) is 18.9 Å². The smallest absolute Gasteiger partial charge is 0.238 e. The summed E-state index contributed by atoms with van der Waals surface area (Å²) in [6.45, 7) is 2.23. The van der Waals surface area contributed by atoms with E-state index in [4.69, 9.17) is 0 Å². The summed E-state index contributed by atoms with van der Waals surface area (Å²) in [4.78, 5) is 14.3. The van der Waals surface area contributed by atoms with E-state index in [1.165, 1.54) is 50.7 Å². The van der Waals surface area contributed by atoms with Crippen molar-refractivity contribution in [2.45, 2.75) is 51.5 Å². The lowest BCUT2D eigenvalue weighted by Crippen LogP contribution is -2.37. The van der Waals surface area contributed by atoms with Crippen LogP contribution in [0.25, 0.3) is 0 Å². The number of nitrogens with zero attached hydrogens (tertiary/aromatic N) is 1. The van der Waals surface area contributed by atoms with E-state index in [9.17, 15) is 9.18 Å². The molecule has 1 saturated carbocycles. The van der Waals surface area contributed by atoms with Crippen LogP contribution in [0.5, 0.6) is 0 Å². The summed E-state index contributed by atoms with van der Waals surface area (Å²) in [7, 11) is 2.01. The number of anilines is 1. The zero-order chi connectivity index (χ0) is 15.2. The van der Waals surface area contributed by atoms with Crippen LogP contribution in [-0.4, -0.2) is 30.4 Å². The van der Waals surface area contributed by atoms with Gasteiger partial charge in [0, 0.05) is 11.7 Å². The normalized spacial score (nSPS) is 16.8. The molecule has 1 amide bonds. The van der Waals surface area contributed by atoms with Crippen molar-refractivity contribution in [1.82, 2.24) is 4.90 Å². The molecule has 1 aromatic carbocycles. The molecule has 116 valence electrons. The van der Waals surface area contributed by atoms with Crippen LogP contribution < -0.4 is 5.32 Å². The molecule has 1 fully saturated rings. The van der Waals surface area contributed by atoms with E-state index in [1.54, 1.807) is 6.07 Å². The highest BCUT2D eigenvalue weighted by Gasteiger charge is 2.19. The van der Waals surface area contributed by atoms with Crippen molar-refractivity contribution in [2.24, 2.45) is 0 Å². The molecule has 0 atom stereocenters. The van der Waals surface area contributed by atoms with Crippen molar-refractivity contribution >= 4 is 11.6 Å². The lowest BCUT2D eigenvalue weighted by molar-refractivity contribution is -0.117. The van der Waals surface area contributed by atoms with E-state index in [-0.39, 0.29) is 11.7 Å². The first-order valence-electron chi connectivity index (χ1n) is 7.82. The third-order valence-electron chi connectivity index (χ3n) is 4.31. The molecule has 4 heteroatoms. The van der Waals surface area contributed by atoms with Gasteiger partial charge in [-0.2, -0.15) is 0 Å². The molecule has 0 radical (unpaired) electrons. The monoisotopic (exact) mass is 292 g/mol. The number of amides is 1. The number of likely N-dealkylation sites (N-methyl/N-ethyl adjacent to an activating group) is 1. The second-order valence-corrected chi connectivity index (χ2v) is 6.07. The van der Waals surface area contributed by atoms with E-state index in [0.29, 0.717) is 18.3 Å². The third-order valence-corrected chi connectivity index (χ3v) is 4.31. The fourth-order valence-corrected chi connectivity index (χ4v) is 2.97. The van der Waals surface area contributed by atoms with Crippen LogP contribution in [0.3, 0.4) is 0 Å². The fourth-order valence-electron chi connectivity index (χ4n) is 2.97. The molecule has 2 rings (SSSR count). The van der Waals surface area contributed by atoms with Gasteiger partial charge in [-0.15, -0.1) is 0 Å². The molecular weight excluding hydrogens is 267 g/mol. The van der Waals surface area contributed by atoms with Gasteiger partial charge in [0.1, 0.15) is 5.82 Å². The van der Waals surface area contributed by atoms with Crippen LogP contribution in [0, 0.1) is 12.7 Å². The summed E-state index contributed by atoms with van der Waals surface area (Å²) in [5.41, 5.74) is 1.44. The van der Waals surface area contributed by atoms with E-state index in [0.717, 1.165) is 5.56 Å². The van der Waals surface area contributed by atoms with Gasteiger partial charge in [0.15, 0.2) is 0 Å². The third kappa shape index (κ3) is 4.81.